The van der Waals surface area contributed by atoms with E-state index in [9.17, 15) is 9.59 Å². The zero-order chi connectivity index (χ0) is 17.2. The number of fused-ring (bicyclic) bond motifs is 4. The Morgan fingerprint density at radius 1 is 1.28 bits per heavy atom. The molecular weight excluding hydrogens is 340 g/mol. The third-order valence-corrected chi connectivity index (χ3v) is 6.06. The lowest BCUT2D eigenvalue weighted by Gasteiger charge is -2.35. The van der Waals surface area contributed by atoms with Crippen LogP contribution in [0.4, 0.5) is 0 Å². The van der Waals surface area contributed by atoms with Crippen LogP contribution in [0.1, 0.15) is 18.5 Å². The molecule has 7 nitrogen and oxygen atoms in total. The van der Waals surface area contributed by atoms with Crippen LogP contribution in [-0.4, -0.2) is 83.5 Å². The quantitative estimate of drug-likeness (QED) is 0.775. The third-order valence-electron chi connectivity index (χ3n) is 5.42. The van der Waals surface area contributed by atoms with Crippen molar-refractivity contribution in [3.05, 3.63) is 16.6 Å². The predicted octanol–water partition coefficient (Wildman–Crippen LogP) is 0.425. The maximum atomic E-state index is 12.8. The monoisotopic (exact) mass is 364 g/mol. The summed E-state index contributed by atoms with van der Waals surface area (Å²) in [6, 6.07) is 0.113. The summed E-state index contributed by atoms with van der Waals surface area (Å²) < 4.78 is 5.35. The van der Waals surface area contributed by atoms with Gasteiger partial charge in [0.25, 0.3) is 0 Å². The number of aromatic nitrogens is 1. The van der Waals surface area contributed by atoms with Gasteiger partial charge in [0.1, 0.15) is 0 Å². The first kappa shape index (κ1) is 16.9. The molecule has 0 radical (unpaired) electrons. The molecule has 4 saturated heterocycles. The van der Waals surface area contributed by atoms with Crippen molar-refractivity contribution < 1.29 is 14.3 Å². The fourth-order valence-electron chi connectivity index (χ4n) is 3.99. The largest absolute Gasteiger partial charge is 0.379 e. The molecule has 1 aromatic rings. The number of thiazole rings is 1. The number of nitrogens with zero attached hydrogens (tertiary/aromatic N) is 4. The van der Waals surface area contributed by atoms with Gasteiger partial charge in [0.15, 0.2) is 0 Å². The lowest BCUT2D eigenvalue weighted by atomic mass is 9.94. The number of piperidine rings is 1. The van der Waals surface area contributed by atoms with Crippen LogP contribution in [-0.2, 0) is 20.9 Å². The van der Waals surface area contributed by atoms with Gasteiger partial charge in [0.05, 0.1) is 43.4 Å². The summed E-state index contributed by atoms with van der Waals surface area (Å²) in [6.45, 7) is 5.21. The van der Waals surface area contributed by atoms with Gasteiger partial charge in [0.2, 0.25) is 11.8 Å². The Labute approximate surface area is 151 Å². The zero-order valence-corrected chi connectivity index (χ0v) is 15.1. The molecule has 1 aromatic heterocycles. The van der Waals surface area contributed by atoms with E-state index in [1.54, 1.807) is 16.8 Å². The molecule has 2 bridgehead atoms. The van der Waals surface area contributed by atoms with Gasteiger partial charge in [-0.05, 0) is 12.8 Å². The number of morpholine rings is 1. The topological polar surface area (TPSA) is 66.0 Å². The standard InChI is InChI=1S/C17H24N4O3S/c22-16(10-19-3-5-24-6-4-19)20-7-13-1-2-15(9-20)21(17(13)23)8-14-11-25-12-18-14/h11-13,15H,1-10H2/t13-,15+/m0/s1. The number of carbonyl (C=O) groups is 2. The lowest BCUT2D eigenvalue weighted by molar-refractivity contribution is -0.140. The molecule has 25 heavy (non-hydrogen) atoms. The summed E-state index contributed by atoms with van der Waals surface area (Å²) in [5.74, 6) is 0.263. The lowest BCUT2D eigenvalue weighted by Crippen LogP contribution is -2.48. The highest BCUT2D eigenvalue weighted by atomic mass is 32.1. The van der Waals surface area contributed by atoms with Crippen LogP contribution in [0, 0.1) is 5.92 Å². The van der Waals surface area contributed by atoms with E-state index in [-0.39, 0.29) is 23.8 Å². The molecule has 2 atom stereocenters. The molecule has 4 aliphatic rings. The second kappa shape index (κ2) is 7.39. The molecule has 0 aliphatic carbocycles. The smallest absolute Gasteiger partial charge is 0.236 e. The molecule has 2 amide bonds. The molecule has 4 fully saturated rings. The SMILES string of the molecule is O=C(CN1CCOCC1)N1C[C@@H]2CC[C@H](C1)N(Cc1cscn1)C2=O. The van der Waals surface area contributed by atoms with E-state index in [1.807, 2.05) is 15.2 Å². The number of hydrogen-bond acceptors (Lipinski definition) is 6. The van der Waals surface area contributed by atoms with E-state index in [4.69, 9.17) is 4.74 Å². The van der Waals surface area contributed by atoms with E-state index in [0.717, 1.165) is 31.6 Å². The van der Waals surface area contributed by atoms with E-state index in [0.29, 0.717) is 39.4 Å². The van der Waals surface area contributed by atoms with Crippen LogP contribution in [0.15, 0.2) is 10.9 Å². The molecule has 4 aliphatic heterocycles. The van der Waals surface area contributed by atoms with Gasteiger partial charge in [-0.3, -0.25) is 14.5 Å². The van der Waals surface area contributed by atoms with Crippen molar-refractivity contribution in [2.75, 3.05) is 45.9 Å². The summed E-state index contributed by atoms with van der Waals surface area (Å²) >= 11 is 1.55. The van der Waals surface area contributed by atoms with Crippen LogP contribution in [0.25, 0.3) is 0 Å². The van der Waals surface area contributed by atoms with E-state index in [2.05, 4.69) is 9.88 Å². The van der Waals surface area contributed by atoms with Crippen molar-refractivity contribution in [1.29, 1.82) is 0 Å². The maximum Gasteiger partial charge on any atom is 0.236 e. The van der Waals surface area contributed by atoms with Gasteiger partial charge >= 0.3 is 0 Å². The molecule has 0 saturated carbocycles. The summed E-state index contributed by atoms with van der Waals surface area (Å²) in [6.07, 6.45) is 1.86. The Balaban J connectivity index is 1.43. The summed E-state index contributed by atoms with van der Waals surface area (Å²) in [7, 11) is 0. The number of carbonyl (C=O) groups excluding carboxylic acids is 2. The normalized spacial score (nSPS) is 27.6. The minimum atomic E-state index is -0.0639. The Morgan fingerprint density at radius 3 is 2.88 bits per heavy atom. The van der Waals surface area contributed by atoms with Gasteiger partial charge < -0.3 is 14.5 Å². The van der Waals surface area contributed by atoms with Gasteiger partial charge in [-0.1, -0.05) is 0 Å². The molecule has 5 heterocycles. The number of hydrogen-bond donors (Lipinski definition) is 0. The van der Waals surface area contributed by atoms with E-state index in [1.165, 1.54) is 0 Å². The zero-order valence-electron chi connectivity index (χ0n) is 14.3. The average molecular weight is 364 g/mol. The van der Waals surface area contributed by atoms with E-state index < -0.39 is 0 Å². The van der Waals surface area contributed by atoms with Crippen LogP contribution in [0.2, 0.25) is 0 Å². The summed E-state index contributed by atoms with van der Waals surface area (Å²) in [4.78, 5) is 35.9. The van der Waals surface area contributed by atoms with Gasteiger partial charge in [-0.2, -0.15) is 0 Å². The first-order chi connectivity index (χ1) is 12.2. The highest BCUT2D eigenvalue weighted by Crippen LogP contribution is 2.30. The van der Waals surface area contributed by atoms with E-state index >= 15 is 0 Å². The summed E-state index contributed by atoms with van der Waals surface area (Å²) in [5, 5.41) is 1.99. The highest BCUT2D eigenvalue weighted by molar-refractivity contribution is 7.07. The van der Waals surface area contributed by atoms with Crippen LogP contribution >= 0.6 is 11.3 Å². The van der Waals surface area contributed by atoms with Crippen LogP contribution < -0.4 is 0 Å². The molecule has 0 spiro atoms. The first-order valence-corrected chi connectivity index (χ1v) is 9.90. The highest BCUT2D eigenvalue weighted by Gasteiger charge is 2.42. The molecule has 0 aromatic carbocycles. The van der Waals surface area contributed by atoms with Crippen molar-refractivity contribution in [3.8, 4) is 0 Å². The average Bonchev–Trinajstić information content (AvgIpc) is 2.98. The minimum Gasteiger partial charge on any atom is -0.379 e. The Hall–Kier alpha value is -1.51. The van der Waals surface area contributed by atoms with Crippen molar-refractivity contribution in [2.24, 2.45) is 5.92 Å². The number of ether oxygens (including phenoxy) is 1. The molecule has 0 N–H and O–H groups in total. The van der Waals surface area contributed by atoms with Crippen molar-refractivity contribution in [3.63, 3.8) is 0 Å². The van der Waals surface area contributed by atoms with Crippen molar-refractivity contribution >= 4 is 23.2 Å². The molecule has 5 rings (SSSR count). The molecule has 136 valence electrons. The summed E-state index contributed by atoms with van der Waals surface area (Å²) in [5.41, 5.74) is 2.74. The molecule has 8 heteroatoms. The van der Waals surface area contributed by atoms with Gasteiger partial charge in [0, 0.05) is 37.6 Å². The second-order valence-corrected chi connectivity index (χ2v) is 7.78. The van der Waals surface area contributed by atoms with Crippen molar-refractivity contribution in [1.82, 2.24) is 19.7 Å². The number of rotatable bonds is 4. The molecular formula is C17H24N4O3S. The van der Waals surface area contributed by atoms with Crippen LogP contribution in [0.3, 0.4) is 0 Å². The first-order valence-electron chi connectivity index (χ1n) is 8.96. The fourth-order valence-corrected chi connectivity index (χ4v) is 4.54. The predicted molar refractivity (Wildman–Crippen MR) is 93.0 cm³/mol. The Morgan fingerprint density at radius 2 is 2.12 bits per heavy atom. The van der Waals surface area contributed by atoms with Gasteiger partial charge in [-0.15, -0.1) is 11.3 Å². The minimum absolute atomic E-state index is 0.0639. The van der Waals surface area contributed by atoms with Gasteiger partial charge in [-0.25, -0.2) is 4.98 Å². The number of amides is 2. The fraction of sp³-hybridized carbons (Fsp3) is 0.706. The van der Waals surface area contributed by atoms with Crippen molar-refractivity contribution in [2.45, 2.75) is 25.4 Å². The third kappa shape index (κ3) is 3.70. The second-order valence-electron chi connectivity index (χ2n) is 7.06. The maximum absolute atomic E-state index is 12.8. The Bertz CT molecular complexity index is 617. The van der Waals surface area contributed by atoms with Crippen LogP contribution in [0.5, 0.6) is 0 Å². The molecule has 0 unspecified atom stereocenters. The Kier molecular flexibility index (Phi) is 5.00.